The first-order valence-corrected chi connectivity index (χ1v) is 31.0. The zero-order valence-electron chi connectivity index (χ0n) is 46.7. The molecule has 0 unspecified atom stereocenters. The van der Waals surface area contributed by atoms with Gasteiger partial charge in [0.1, 0.15) is 0 Å². The van der Waals surface area contributed by atoms with Crippen LogP contribution in [-0.4, -0.2) is 98.6 Å². The number of likely N-dealkylation sites (N-methyl/N-ethyl adjacent to an activating group) is 1. The van der Waals surface area contributed by atoms with Crippen LogP contribution in [0, 0.1) is 0 Å². The number of nitrogens with zero attached hydrogens (tertiary/aromatic N) is 4. The molecule has 0 radical (unpaired) electrons. The smallest absolute Gasteiger partial charge is 0.0110 e. The fourth-order valence-corrected chi connectivity index (χ4v) is 10.1. The van der Waals surface area contributed by atoms with Gasteiger partial charge in [0.2, 0.25) is 0 Å². The molecule has 0 aromatic rings. The zero-order chi connectivity index (χ0) is 48.0. The summed E-state index contributed by atoms with van der Waals surface area (Å²) in [5.41, 5.74) is 0. The van der Waals surface area contributed by atoms with Crippen molar-refractivity contribution in [2.24, 2.45) is 0 Å². The fourth-order valence-electron chi connectivity index (χ4n) is 10.1. The van der Waals surface area contributed by atoms with Crippen LogP contribution in [0.1, 0.15) is 290 Å². The Kier molecular flexibility index (Phi) is 52.0. The van der Waals surface area contributed by atoms with Crippen molar-refractivity contribution >= 4 is 0 Å². The van der Waals surface area contributed by atoms with Gasteiger partial charge >= 0.3 is 0 Å². The molecule has 0 aromatic heterocycles. The van der Waals surface area contributed by atoms with Crippen LogP contribution in [0.3, 0.4) is 0 Å². The van der Waals surface area contributed by atoms with E-state index in [-0.39, 0.29) is 0 Å². The second-order valence-corrected chi connectivity index (χ2v) is 21.6. The number of hydrogen-bond donors (Lipinski definition) is 0. The molecule has 1 heterocycles. The number of hydrogen-bond acceptors (Lipinski definition) is 4. The molecule has 1 aliphatic rings. The summed E-state index contributed by atoms with van der Waals surface area (Å²) in [6, 6.07) is 0. The minimum atomic E-state index is 1.23. The van der Waals surface area contributed by atoms with E-state index in [1.54, 1.807) is 0 Å². The van der Waals surface area contributed by atoms with Crippen molar-refractivity contribution in [2.45, 2.75) is 290 Å². The van der Waals surface area contributed by atoms with Gasteiger partial charge < -0.3 is 9.80 Å². The predicted molar refractivity (Wildman–Crippen MR) is 305 cm³/mol. The summed E-state index contributed by atoms with van der Waals surface area (Å²) in [7, 11) is 2.36. The summed E-state index contributed by atoms with van der Waals surface area (Å²) in [4.78, 5) is 11.0. The van der Waals surface area contributed by atoms with Crippen LogP contribution >= 0.6 is 0 Å². The Bertz CT molecular complexity index is 971. The van der Waals surface area contributed by atoms with Gasteiger partial charge in [-0.05, 0) is 123 Å². The molecule has 0 saturated carbocycles. The zero-order valence-corrected chi connectivity index (χ0v) is 46.7. The van der Waals surface area contributed by atoms with Crippen LogP contribution in [0.2, 0.25) is 0 Å². The van der Waals surface area contributed by atoms with E-state index in [2.05, 4.69) is 83.9 Å². The highest BCUT2D eigenvalue weighted by molar-refractivity contribution is 4.83. The molecule has 1 saturated heterocycles. The van der Waals surface area contributed by atoms with Crippen molar-refractivity contribution in [2.75, 3.05) is 79.0 Å². The van der Waals surface area contributed by atoms with Crippen LogP contribution in [0.25, 0.3) is 0 Å². The van der Waals surface area contributed by atoms with Gasteiger partial charge in [0.05, 0.1) is 0 Å². The molecule has 0 bridgehead atoms. The monoisotopic (exact) mass is 937 g/mol. The van der Waals surface area contributed by atoms with Gasteiger partial charge in [-0.25, -0.2) is 0 Å². The molecule has 0 atom stereocenters. The quantitative estimate of drug-likeness (QED) is 0.0445. The first-order valence-electron chi connectivity index (χ1n) is 31.0. The molecule has 0 amide bonds. The minimum Gasteiger partial charge on any atom is -0.305 e. The van der Waals surface area contributed by atoms with Crippen molar-refractivity contribution in [3.8, 4) is 0 Å². The van der Waals surface area contributed by atoms with E-state index in [0.29, 0.717) is 0 Å². The minimum absolute atomic E-state index is 1.23. The maximum Gasteiger partial charge on any atom is 0.0110 e. The summed E-state index contributed by atoms with van der Waals surface area (Å²) >= 11 is 0. The molecule has 4 nitrogen and oxygen atoms in total. The summed E-state index contributed by atoms with van der Waals surface area (Å²) in [6.45, 7) is 20.9. The Morgan fingerprint density at radius 1 is 0.269 bits per heavy atom. The topological polar surface area (TPSA) is 13.0 Å². The Morgan fingerprint density at radius 3 is 0.806 bits per heavy atom. The molecule has 0 aliphatic carbocycles. The second-order valence-electron chi connectivity index (χ2n) is 21.6. The second kappa shape index (κ2) is 54.4. The highest BCUT2D eigenvalue weighted by atomic mass is 15.3. The molecular formula is C63H124N4. The molecule has 4 heteroatoms. The summed E-state index contributed by atoms with van der Waals surface area (Å²) in [6.07, 6.45) is 73.3. The first-order chi connectivity index (χ1) is 33.2. The third-order valence-electron chi connectivity index (χ3n) is 15.0. The lowest BCUT2D eigenvalue weighted by Gasteiger charge is -2.36. The molecule has 67 heavy (non-hydrogen) atoms. The van der Waals surface area contributed by atoms with E-state index in [1.807, 2.05) is 0 Å². The first kappa shape index (κ1) is 64.1. The SMILES string of the molecule is CCCCCCCC/C=C\CCCCCCCCN(C)CCN1CCN(CCN(CCCCCCCC/C=C\CCCCCCCC)CCCCCCCC/C=C\CCCCCCCC)CC1. The molecule has 1 aliphatic heterocycles. The maximum absolute atomic E-state index is 2.86. The van der Waals surface area contributed by atoms with Crippen LogP contribution < -0.4 is 0 Å². The molecule has 0 N–H and O–H groups in total. The lowest BCUT2D eigenvalue weighted by Crippen LogP contribution is -2.50. The predicted octanol–water partition coefficient (Wildman–Crippen LogP) is 19.0. The fraction of sp³-hybridized carbons (Fsp3) is 0.905. The molecule has 396 valence electrons. The van der Waals surface area contributed by atoms with Crippen molar-refractivity contribution in [3.63, 3.8) is 0 Å². The van der Waals surface area contributed by atoms with Crippen molar-refractivity contribution in [3.05, 3.63) is 36.5 Å². The van der Waals surface area contributed by atoms with E-state index in [9.17, 15) is 0 Å². The van der Waals surface area contributed by atoms with Crippen molar-refractivity contribution in [1.82, 2.24) is 19.6 Å². The Hall–Kier alpha value is -0.940. The highest BCUT2D eigenvalue weighted by Gasteiger charge is 2.18. The standard InChI is InChI=1S/C63H124N4/c1-5-8-11-14-17-20-23-26-29-32-35-38-41-44-47-50-53-64(4)56-57-66-60-62-67(63-61-66)59-58-65(54-51-48-45-42-39-36-33-30-27-24-21-18-15-12-9-6-2)55-52-49-46-43-40-37-34-31-28-25-22-19-16-13-10-7-3/h26-31H,5-25,32-63H2,1-4H3/b29-26-,30-27-,31-28-. The Morgan fingerprint density at radius 2 is 0.507 bits per heavy atom. The van der Waals surface area contributed by atoms with Crippen molar-refractivity contribution < 1.29 is 0 Å². The van der Waals surface area contributed by atoms with Gasteiger partial charge in [0.15, 0.2) is 0 Å². The van der Waals surface area contributed by atoms with Crippen LogP contribution in [-0.2, 0) is 0 Å². The summed E-state index contributed by atoms with van der Waals surface area (Å²) < 4.78 is 0. The lowest BCUT2D eigenvalue weighted by molar-refractivity contribution is 0.110. The third-order valence-corrected chi connectivity index (χ3v) is 15.0. The largest absolute Gasteiger partial charge is 0.305 e. The molecule has 0 spiro atoms. The van der Waals surface area contributed by atoms with E-state index in [1.165, 1.54) is 342 Å². The third kappa shape index (κ3) is 48.5. The van der Waals surface area contributed by atoms with E-state index < -0.39 is 0 Å². The summed E-state index contributed by atoms with van der Waals surface area (Å²) in [5.74, 6) is 0. The Labute approximate surface area is 423 Å². The van der Waals surface area contributed by atoms with Crippen LogP contribution in [0.4, 0.5) is 0 Å². The van der Waals surface area contributed by atoms with Crippen molar-refractivity contribution in [1.29, 1.82) is 0 Å². The molecule has 1 fully saturated rings. The number of rotatable bonds is 54. The number of unbranched alkanes of at least 4 members (excludes halogenated alkanes) is 36. The Balaban J connectivity index is 2.21. The van der Waals surface area contributed by atoms with Gasteiger partial charge in [-0.1, -0.05) is 231 Å². The summed E-state index contributed by atoms with van der Waals surface area (Å²) in [5, 5.41) is 0. The maximum atomic E-state index is 2.86. The molecule has 0 aromatic carbocycles. The van der Waals surface area contributed by atoms with E-state index >= 15 is 0 Å². The van der Waals surface area contributed by atoms with E-state index in [0.717, 1.165) is 0 Å². The van der Waals surface area contributed by atoms with Gasteiger partial charge in [0, 0.05) is 52.4 Å². The average Bonchev–Trinajstić information content (AvgIpc) is 3.34. The van der Waals surface area contributed by atoms with Gasteiger partial charge in [-0.3, -0.25) is 9.80 Å². The van der Waals surface area contributed by atoms with E-state index in [4.69, 9.17) is 0 Å². The highest BCUT2D eigenvalue weighted by Crippen LogP contribution is 2.15. The van der Waals surface area contributed by atoms with Gasteiger partial charge in [-0.2, -0.15) is 0 Å². The molecule has 1 rings (SSSR count). The number of allylic oxidation sites excluding steroid dienone is 6. The van der Waals surface area contributed by atoms with Gasteiger partial charge in [-0.15, -0.1) is 0 Å². The number of piperazine rings is 1. The van der Waals surface area contributed by atoms with Gasteiger partial charge in [0.25, 0.3) is 0 Å². The lowest BCUT2D eigenvalue weighted by atomic mass is 10.1. The normalized spacial score (nSPS) is 14.2. The average molecular weight is 938 g/mol. The van der Waals surface area contributed by atoms with Crippen LogP contribution in [0.15, 0.2) is 36.5 Å². The molecular weight excluding hydrogens is 813 g/mol. The van der Waals surface area contributed by atoms with Crippen LogP contribution in [0.5, 0.6) is 0 Å².